The lowest BCUT2D eigenvalue weighted by Gasteiger charge is -2.12. The number of nitrogens with one attached hydrogen (secondary N) is 1. The summed E-state index contributed by atoms with van der Waals surface area (Å²) < 4.78 is 27.7. The Bertz CT molecular complexity index is 1160. The van der Waals surface area contributed by atoms with E-state index in [4.69, 9.17) is 17.3 Å². The second-order valence-corrected chi connectivity index (χ2v) is 8.23. The lowest BCUT2D eigenvalue weighted by atomic mass is 10.00. The molecule has 9 heteroatoms. The first-order chi connectivity index (χ1) is 13.2. The number of amides is 1. The molecule has 1 heterocycles. The third kappa shape index (κ3) is 4.13. The van der Waals surface area contributed by atoms with Crippen molar-refractivity contribution in [1.82, 2.24) is 9.97 Å². The van der Waals surface area contributed by atoms with E-state index < -0.39 is 15.9 Å². The van der Waals surface area contributed by atoms with E-state index in [9.17, 15) is 13.2 Å². The minimum atomic E-state index is -4.05. The molecule has 1 aromatic heterocycles. The Morgan fingerprint density at radius 2 is 1.68 bits per heavy atom. The number of carbonyl (C=O) groups is 1. The van der Waals surface area contributed by atoms with Crippen LogP contribution in [0.2, 0.25) is 5.15 Å². The Morgan fingerprint density at radius 1 is 1.04 bits per heavy atom. The van der Waals surface area contributed by atoms with Crippen molar-refractivity contribution in [2.24, 2.45) is 5.73 Å². The second kappa shape index (κ2) is 7.57. The van der Waals surface area contributed by atoms with Gasteiger partial charge in [0.2, 0.25) is 11.9 Å². The van der Waals surface area contributed by atoms with Gasteiger partial charge in [0.05, 0.1) is 10.6 Å². The first-order valence-corrected chi connectivity index (χ1v) is 10.1. The number of nitrogens with two attached hydrogens (primary N) is 1. The van der Waals surface area contributed by atoms with Crippen molar-refractivity contribution in [1.29, 1.82) is 0 Å². The van der Waals surface area contributed by atoms with Crippen LogP contribution in [0.25, 0.3) is 11.3 Å². The third-order valence-corrected chi connectivity index (χ3v) is 5.61. The highest BCUT2D eigenvalue weighted by Gasteiger charge is 2.19. The number of nitrogens with zero attached hydrogens (tertiary/aromatic N) is 2. The van der Waals surface area contributed by atoms with Gasteiger partial charge in [0.1, 0.15) is 5.15 Å². The number of hydrogen-bond acceptors (Lipinski definition) is 5. The summed E-state index contributed by atoms with van der Waals surface area (Å²) in [7, 11) is -4.05. The van der Waals surface area contributed by atoms with E-state index in [2.05, 4.69) is 14.7 Å². The SMILES string of the molecule is Cc1cccc(C)c1-c1cc(Cl)nc(NS(=O)(=O)c2cccc(C(N)=O)c2)n1. The Hall–Kier alpha value is -2.97. The molecule has 0 atom stereocenters. The van der Waals surface area contributed by atoms with Crippen LogP contribution in [0.4, 0.5) is 5.95 Å². The summed E-state index contributed by atoms with van der Waals surface area (Å²) >= 11 is 6.10. The van der Waals surface area contributed by atoms with Crippen LogP contribution in [0.1, 0.15) is 21.5 Å². The predicted molar refractivity (Wildman–Crippen MR) is 108 cm³/mol. The van der Waals surface area contributed by atoms with Gasteiger partial charge in [-0.3, -0.25) is 4.79 Å². The number of primary amides is 1. The normalized spacial score (nSPS) is 11.2. The molecule has 144 valence electrons. The average Bonchev–Trinajstić information content (AvgIpc) is 2.61. The highest BCUT2D eigenvalue weighted by molar-refractivity contribution is 7.92. The summed E-state index contributed by atoms with van der Waals surface area (Å²) in [4.78, 5) is 19.5. The molecule has 0 saturated heterocycles. The maximum absolute atomic E-state index is 12.7. The molecule has 3 N–H and O–H groups in total. The van der Waals surface area contributed by atoms with Crippen molar-refractivity contribution in [2.75, 3.05) is 4.72 Å². The molecule has 3 aromatic rings. The van der Waals surface area contributed by atoms with Gasteiger partial charge < -0.3 is 5.73 Å². The molecule has 2 aromatic carbocycles. The molecule has 3 rings (SSSR count). The largest absolute Gasteiger partial charge is 0.366 e. The quantitative estimate of drug-likeness (QED) is 0.619. The first kappa shape index (κ1) is 19.8. The van der Waals surface area contributed by atoms with E-state index in [1.165, 1.54) is 24.3 Å². The zero-order valence-electron chi connectivity index (χ0n) is 15.1. The molecule has 0 aliphatic carbocycles. The van der Waals surface area contributed by atoms with Crippen molar-refractivity contribution in [2.45, 2.75) is 18.7 Å². The summed E-state index contributed by atoms with van der Waals surface area (Å²) in [5.74, 6) is -0.900. The standard InChI is InChI=1S/C19H17ClN4O3S/c1-11-5-3-6-12(2)17(11)15-10-16(20)23-19(22-15)24-28(26,27)14-8-4-7-13(9-14)18(21)25/h3-10H,1-2H3,(H2,21,25)(H,22,23,24). The minimum absolute atomic E-state index is 0.0751. The van der Waals surface area contributed by atoms with E-state index in [1.54, 1.807) is 6.07 Å². The van der Waals surface area contributed by atoms with Crippen molar-refractivity contribution in [3.63, 3.8) is 0 Å². The number of aryl methyl sites for hydroxylation is 2. The average molecular weight is 417 g/mol. The van der Waals surface area contributed by atoms with Crippen LogP contribution in [0, 0.1) is 13.8 Å². The molecule has 28 heavy (non-hydrogen) atoms. The molecule has 0 radical (unpaired) electrons. The van der Waals surface area contributed by atoms with Gasteiger partial charge in [-0.1, -0.05) is 35.9 Å². The van der Waals surface area contributed by atoms with Crippen LogP contribution in [0.5, 0.6) is 0 Å². The molecule has 0 saturated carbocycles. The fraction of sp³-hybridized carbons (Fsp3) is 0.105. The molecule has 7 nitrogen and oxygen atoms in total. The molecule has 1 amide bonds. The summed E-state index contributed by atoms with van der Waals surface area (Å²) in [6, 6.07) is 12.7. The van der Waals surface area contributed by atoms with E-state index in [1.807, 2.05) is 32.0 Å². The topological polar surface area (TPSA) is 115 Å². The fourth-order valence-corrected chi connectivity index (χ4v) is 3.98. The molecule has 0 fully saturated rings. The van der Waals surface area contributed by atoms with Crippen molar-refractivity contribution >= 4 is 33.5 Å². The van der Waals surface area contributed by atoms with E-state index >= 15 is 0 Å². The van der Waals surface area contributed by atoms with Gasteiger partial charge in [0.15, 0.2) is 0 Å². The smallest absolute Gasteiger partial charge is 0.264 e. The Labute approximate surface area is 167 Å². The summed E-state index contributed by atoms with van der Waals surface area (Å²) in [5, 5.41) is 0.0937. The monoisotopic (exact) mass is 416 g/mol. The zero-order valence-corrected chi connectivity index (χ0v) is 16.7. The van der Waals surface area contributed by atoms with Crippen LogP contribution in [0.3, 0.4) is 0 Å². The number of aromatic nitrogens is 2. The number of rotatable bonds is 5. The van der Waals surface area contributed by atoms with Crippen LogP contribution in [-0.4, -0.2) is 24.3 Å². The molecular formula is C19H17ClN4O3S. The number of halogens is 1. The number of sulfonamides is 1. The molecule has 0 unspecified atom stereocenters. The van der Waals surface area contributed by atoms with Gasteiger partial charge >= 0.3 is 0 Å². The van der Waals surface area contributed by atoms with Crippen LogP contribution in [-0.2, 0) is 10.0 Å². The van der Waals surface area contributed by atoms with Gasteiger partial charge in [-0.2, -0.15) is 0 Å². The first-order valence-electron chi connectivity index (χ1n) is 8.21. The van der Waals surface area contributed by atoms with Crippen molar-refractivity contribution in [3.05, 3.63) is 70.4 Å². The number of benzene rings is 2. The summed E-state index contributed by atoms with van der Waals surface area (Å²) in [5.41, 5.74) is 8.58. The molecule has 0 aliphatic heterocycles. The van der Waals surface area contributed by atoms with Crippen molar-refractivity contribution < 1.29 is 13.2 Å². The van der Waals surface area contributed by atoms with Crippen LogP contribution in [0.15, 0.2) is 53.4 Å². The van der Waals surface area contributed by atoms with Crippen LogP contribution < -0.4 is 10.5 Å². The molecule has 0 spiro atoms. The molecular weight excluding hydrogens is 400 g/mol. The van der Waals surface area contributed by atoms with Gasteiger partial charge in [-0.25, -0.2) is 23.1 Å². The highest BCUT2D eigenvalue weighted by atomic mass is 35.5. The van der Waals surface area contributed by atoms with E-state index in [0.717, 1.165) is 16.7 Å². The maximum Gasteiger partial charge on any atom is 0.264 e. The zero-order chi connectivity index (χ0) is 20.5. The van der Waals surface area contributed by atoms with Gasteiger partial charge in [0, 0.05) is 17.2 Å². The second-order valence-electron chi connectivity index (χ2n) is 6.16. The summed E-state index contributed by atoms with van der Waals surface area (Å²) in [6.45, 7) is 3.86. The number of anilines is 1. The third-order valence-electron chi connectivity index (χ3n) is 4.09. The van der Waals surface area contributed by atoms with Gasteiger partial charge in [0.25, 0.3) is 10.0 Å². The minimum Gasteiger partial charge on any atom is -0.366 e. The van der Waals surface area contributed by atoms with Gasteiger partial charge in [-0.15, -0.1) is 0 Å². The Balaban J connectivity index is 2.02. The Kier molecular flexibility index (Phi) is 5.35. The molecule has 0 bridgehead atoms. The summed E-state index contributed by atoms with van der Waals surface area (Å²) in [6.07, 6.45) is 0. The fourth-order valence-electron chi connectivity index (χ4n) is 2.81. The lowest BCUT2D eigenvalue weighted by molar-refractivity contribution is 0.1000. The Morgan fingerprint density at radius 3 is 2.32 bits per heavy atom. The van der Waals surface area contributed by atoms with Gasteiger partial charge in [-0.05, 0) is 43.2 Å². The molecule has 0 aliphatic rings. The van der Waals surface area contributed by atoms with Crippen LogP contribution >= 0.6 is 11.6 Å². The van der Waals surface area contributed by atoms with Crippen molar-refractivity contribution in [3.8, 4) is 11.3 Å². The van der Waals surface area contributed by atoms with E-state index in [-0.39, 0.29) is 21.6 Å². The maximum atomic E-state index is 12.7. The highest BCUT2D eigenvalue weighted by Crippen LogP contribution is 2.28. The predicted octanol–water partition coefficient (Wildman–Crippen LogP) is 3.31. The lowest BCUT2D eigenvalue weighted by Crippen LogP contribution is -2.17. The van der Waals surface area contributed by atoms with E-state index in [0.29, 0.717) is 5.69 Å². The number of carbonyl (C=O) groups excluding carboxylic acids is 1. The number of hydrogen-bond donors (Lipinski definition) is 2.